The summed E-state index contributed by atoms with van der Waals surface area (Å²) in [6.07, 6.45) is 4.68. The number of anilines is 1. The summed E-state index contributed by atoms with van der Waals surface area (Å²) < 4.78 is 17.7. The van der Waals surface area contributed by atoms with Crippen LogP contribution in [0.15, 0.2) is 60.8 Å². The number of nitrogens with zero attached hydrogens (tertiary/aromatic N) is 2. The number of para-hydroxylation sites is 1. The van der Waals surface area contributed by atoms with Crippen LogP contribution in [-0.4, -0.2) is 28.8 Å². The monoisotopic (exact) mass is 421 g/mol. The van der Waals surface area contributed by atoms with Crippen LogP contribution >= 0.6 is 0 Å². The van der Waals surface area contributed by atoms with Gasteiger partial charge in [0, 0.05) is 37.4 Å². The molecule has 1 heterocycles. The fourth-order valence-electron chi connectivity index (χ4n) is 2.80. The van der Waals surface area contributed by atoms with Crippen LogP contribution in [0.4, 0.5) is 5.69 Å². The maximum Gasteiger partial charge on any atom is 0.308 e. The second-order valence-electron chi connectivity index (χ2n) is 6.57. The number of amides is 1. The molecule has 0 bridgehead atoms. The molecule has 0 atom stereocenters. The number of carbonyl (C=O) groups is 2. The third kappa shape index (κ3) is 5.96. The van der Waals surface area contributed by atoms with Crippen molar-refractivity contribution in [1.82, 2.24) is 9.78 Å². The number of aryl methyl sites for hydroxylation is 1. The summed E-state index contributed by atoms with van der Waals surface area (Å²) in [6, 6.07) is 14.2. The van der Waals surface area contributed by atoms with Gasteiger partial charge in [0.15, 0.2) is 11.5 Å². The Morgan fingerprint density at radius 1 is 1.13 bits per heavy atom. The van der Waals surface area contributed by atoms with Gasteiger partial charge in [-0.15, -0.1) is 0 Å². The van der Waals surface area contributed by atoms with Crippen LogP contribution in [0.2, 0.25) is 0 Å². The standard InChI is InChI=1S/C23H23N3O5/c1-16(27)31-21-14-17(8-10-20(21)29-3)9-11-22(28)25-19-7-5-4-6-18(19)15-30-23-12-13-24-26(23)2/h4-14H,15H2,1-3H3,(H,25,28). The molecule has 2 aromatic carbocycles. The molecule has 8 nitrogen and oxygen atoms in total. The summed E-state index contributed by atoms with van der Waals surface area (Å²) in [5.74, 6) is 0.582. The first-order valence-electron chi connectivity index (χ1n) is 9.50. The largest absolute Gasteiger partial charge is 0.493 e. The number of esters is 1. The van der Waals surface area contributed by atoms with E-state index in [0.717, 1.165) is 5.56 Å². The molecule has 0 unspecified atom stereocenters. The first-order chi connectivity index (χ1) is 15.0. The molecule has 31 heavy (non-hydrogen) atoms. The molecule has 1 N–H and O–H groups in total. The van der Waals surface area contributed by atoms with Crippen molar-refractivity contribution < 1.29 is 23.8 Å². The Hall–Kier alpha value is -4.07. The van der Waals surface area contributed by atoms with E-state index in [9.17, 15) is 9.59 Å². The second kappa shape index (κ2) is 10.1. The first kappa shape index (κ1) is 21.6. The zero-order valence-electron chi connectivity index (χ0n) is 17.5. The van der Waals surface area contributed by atoms with Gasteiger partial charge in [0.25, 0.3) is 0 Å². The lowest BCUT2D eigenvalue weighted by atomic mass is 10.1. The van der Waals surface area contributed by atoms with Crippen molar-refractivity contribution in [1.29, 1.82) is 0 Å². The average Bonchev–Trinajstić information content (AvgIpc) is 3.16. The third-order valence-electron chi connectivity index (χ3n) is 4.30. The molecule has 3 aromatic rings. The molecule has 1 amide bonds. The topological polar surface area (TPSA) is 91.7 Å². The molecule has 0 fully saturated rings. The number of hydrogen-bond acceptors (Lipinski definition) is 6. The molecule has 0 aliphatic carbocycles. The van der Waals surface area contributed by atoms with Gasteiger partial charge in [-0.25, -0.2) is 4.68 Å². The van der Waals surface area contributed by atoms with Gasteiger partial charge in [-0.1, -0.05) is 24.3 Å². The third-order valence-corrected chi connectivity index (χ3v) is 4.30. The van der Waals surface area contributed by atoms with E-state index in [1.807, 2.05) is 18.2 Å². The highest BCUT2D eigenvalue weighted by molar-refractivity contribution is 6.02. The molecular weight excluding hydrogens is 398 g/mol. The highest BCUT2D eigenvalue weighted by atomic mass is 16.6. The lowest BCUT2D eigenvalue weighted by molar-refractivity contribution is -0.132. The van der Waals surface area contributed by atoms with E-state index >= 15 is 0 Å². The van der Waals surface area contributed by atoms with Crippen LogP contribution in [0, 0.1) is 0 Å². The van der Waals surface area contributed by atoms with Gasteiger partial charge >= 0.3 is 5.97 Å². The van der Waals surface area contributed by atoms with E-state index in [-0.39, 0.29) is 18.3 Å². The van der Waals surface area contributed by atoms with Crippen LogP contribution in [-0.2, 0) is 23.2 Å². The number of carbonyl (C=O) groups excluding carboxylic acids is 2. The Kier molecular flexibility index (Phi) is 7.05. The Balaban J connectivity index is 1.67. The molecule has 1 aromatic heterocycles. The van der Waals surface area contributed by atoms with Crippen LogP contribution in [0.1, 0.15) is 18.1 Å². The number of benzene rings is 2. The molecule has 0 aliphatic rings. The first-order valence-corrected chi connectivity index (χ1v) is 9.50. The maximum atomic E-state index is 12.4. The molecular formula is C23H23N3O5. The minimum Gasteiger partial charge on any atom is -0.493 e. The summed E-state index contributed by atoms with van der Waals surface area (Å²) in [4.78, 5) is 23.7. The minimum absolute atomic E-state index is 0.282. The van der Waals surface area contributed by atoms with E-state index in [4.69, 9.17) is 14.2 Å². The molecule has 0 spiro atoms. The van der Waals surface area contributed by atoms with Gasteiger partial charge in [0.05, 0.1) is 13.3 Å². The van der Waals surface area contributed by atoms with Crippen molar-refractivity contribution in [2.45, 2.75) is 13.5 Å². The number of nitrogens with one attached hydrogen (secondary N) is 1. The van der Waals surface area contributed by atoms with E-state index < -0.39 is 5.97 Å². The molecule has 3 rings (SSSR count). The summed E-state index contributed by atoms with van der Waals surface area (Å²) in [6.45, 7) is 1.59. The fourth-order valence-corrected chi connectivity index (χ4v) is 2.80. The Morgan fingerprint density at radius 3 is 2.65 bits per heavy atom. The highest BCUT2D eigenvalue weighted by Crippen LogP contribution is 2.28. The van der Waals surface area contributed by atoms with Crippen molar-refractivity contribution in [3.63, 3.8) is 0 Å². The van der Waals surface area contributed by atoms with Crippen molar-refractivity contribution in [2.75, 3.05) is 12.4 Å². The Morgan fingerprint density at radius 2 is 1.94 bits per heavy atom. The zero-order chi connectivity index (χ0) is 22.2. The zero-order valence-corrected chi connectivity index (χ0v) is 17.5. The van der Waals surface area contributed by atoms with Gasteiger partial charge in [-0.3, -0.25) is 9.59 Å². The fraction of sp³-hybridized carbons (Fsp3) is 0.174. The molecule has 0 saturated heterocycles. The van der Waals surface area contributed by atoms with Gasteiger partial charge in [-0.05, 0) is 29.8 Å². The highest BCUT2D eigenvalue weighted by Gasteiger charge is 2.09. The van der Waals surface area contributed by atoms with Gasteiger partial charge in [-0.2, -0.15) is 5.10 Å². The Bertz CT molecular complexity index is 1100. The normalized spacial score (nSPS) is 10.7. The van der Waals surface area contributed by atoms with Gasteiger partial charge < -0.3 is 19.5 Å². The summed E-state index contributed by atoms with van der Waals surface area (Å²) in [7, 11) is 3.28. The Labute approximate surface area is 180 Å². The molecule has 0 radical (unpaired) electrons. The number of rotatable bonds is 8. The van der Waals surface area contributed by atoms with E-state index in [1.54, 1.807) is 54.3 Å². The summed E-state index contributed by atoms with van der Waals surface area (Å²) in [5, 5.41) is 6.92. The summed E-state index contributed by atoms with van der Waals surface area (Å²) in [5.41, 5.74) is 2.15. The van der Waals surface area contributed by atoms with Crippen molar-refractivity contribution in [2.24, 2.45) is 7.05 Å². The number of aromatic nitrogens is 2. The number of ether oxygens (including phenoxy) is 3. The van der Waals surface area contributed by atoms with Crippen LogP contribution in [0.3, 0.4) is 0 Å². The van der Waals surface area contributed by atoms with Gasteiger partial charge in [0.2, 0.25) is 11.8 Å². The average molecular weight is 421 g/mol. The minimum atomic E-state index is -0.456. The second-order valence-corrected chi connectivity index (χ2v) is 6.57. The van der Waals surface area contributed by atoms with Crippen LogP contribution < -0.4 is 19.5 Å². The smallest absolute Gasteiger partial charge is 0.308 e. The predicted octanol–water partition coefficient (Wildman–Crippen LogP) is 3.58. The van der Waals surface area contributed by atoms with Gasteiger partial charge in [0.1, 0.15) is 6.61 Å². The quantitative estimate of drug-likeness (QED) is 0.340. The number of methoxy groups -OCH3 is 1. The lowest BCUT2D eigenvalue weighted by Gasteiger charge is -2.11. The molecule has 0 aliphatic heterocycles. The SMILES string of the molecule is COc1ccc(C=CC(=O)Nc2ccccc2COc2ccnn2C)cc1OC(C)=O. The number of hydrogen-bond donors (Lipinski definition) is 1. The molecule has 0 saturated carbocycles. The maximum absolute atomic E-state index is 12.4. The van der Waals surface area contributed by atoms with Crippen LogP contribution in [0.5, 0.6) is 17.4 Å². The predicted molar refractivity (Wildman–Crippen MR) is 116 cm³/mol. The molecule has 160 valence electrons. The van der Waals surface area contributed by atoms with E-state index in [2.05, 4.69) is 10.4 Å². The lowest BCUT2D eigenvalue weighted by Crippen LogP contribution is -2.11. The van der Waals surface area contributed by atoms with E-state index in [0.29, 0.717) is 22.9 Å². The van der Waals surface area contributed by atoms with Crippen molar-refractivity contribution in [3.05, 3.63) is 71.9 Å². The van der Waals surface area contributed by atoms with E-state index in [1.165, 1.54) is 20.1 Å². The van der Waals surface area contributed by atoms with Crippen molar-refractivity contribution in [3.8, 4) is 17.4 Å². The van der Waals surface area contributed by atoms with Crippen LogP contribution in [0.25, 0.3) is 6.08 Å². The molecule has 8 heteroatoms. The van der Waals surface area contributed by atoms with Crippen molar-refractivity contribution >= 4 is 23.6 Å². The summed E-state index contributed by atoms with van der Waals surface area (Å²) >= 11 is 0.